The Hall–Kier alpha value is -2.82. The summed E-state index contributed by atoms with van der Waals surface area (Å²) in [4.78, 5) is 25.7. The number of aliphatic carboxylic acids is 1. The molecule has 4 rings (SSSR count). The maximum absolute atomic E-state index is 12.6. The number of rotatable bonds is 3. The molecule has 0 saturated carbocycles. The second-order valence-electron chi connectivity index (χ2n) is 7.30. The summed E-state index contributed by atoms with van der Waals surface area (Å²) in [6.45, 7) is 6.20. The monoisotopic (exact) mass is 428 g/mol. The molecule has 1 amide bonds. The Bertz CT molecular complexity index is 900. The number of alkyl halides is 3. The first kappa shape index (κ1) is 21.9. The number of carbonyl (C=O) groups is 2. The van der Waals surface area contributed by atoms with Gasteiger partial charge in [-0.25, -0.2) is 4.79 Å². The Kier molecular flexibility index (Phi) is 6.49. The maximum atomic E-state index is 12.6. The van der Waals surface area contributed by atoms with Crippen LogP contribution in [0.15, 0.2) is 16.5 Å². The summed E-state index contributed by atoms with van der Waals surface area (Å²) >= 11 is 0. The molecule has 2 N–H and O–H groups in total. The van der Waals surface area contributed by atoms with Gasteiger partial charge in [0.2, 0.25) is 0 Å². The molecule has 0 aromatic carbocycles. The zero-order valence-corrected chi connectivity index (χ0v) is 16.5. The van der Waals surface area contributed by atoms with Crippen molar-refractivity contribution in [3.8, 4) is 0 Å². The first-order chi connectivity index (χ1) is 14.1. The topological polar surface area (TPSA) is 103 Å². The molecule has 2 aliphatic rings. The van der Waals surface area contributed by atoms with E-state index >= 15 is 0 Å². The van der Waals surface area contributed by atoms with E-state index in [0.29, 0.717) is 5.69 Å². The van der Waals surface area contributed by atoms with Gasteiger partial charge in [-0.05, 0) is 38.3 Å². The minimum absolute atomic E-state index is 0.0927. The van der Waals surface area contributed by atoms with Crippen molar-refractivity contribution in [3.05, 3.63) is 40.6 Å². The van der Waals surface area contributed by atoms with Crippen LogP contribution in [0.25, 0.3) is 0 Å². The number of aromatic nitrogens is 2. The highest BCUT2D eigenvalue weighted by atomic mass is 19.4. The van der Waals surface area contributed by atoms with E-state index in [2.05, 4.69) is 15.1 Å². The summed E-state index contributed by atoms with van der Waals surface area (Å²) in [5.41, 5.74) is 2.81. The van der Waals surface area contributed by atoms with E-state index in [4.69, 9.17) is 14.3 Å². The van der Waals surface area contributed by atoms with Crippen LogP contribution >= 0.6 is 0 Å². The molecule has 30 heavy (non-hydrogen) atoms. The summed E-state index contributed by atoms with van der Waals surface area (Å²) in [6.07, 6.45) is -2.01. The number of halogens is 3. The number of aromatic amines is 1. The first-order valence-electron chi connectivity index (χ1n) is 9.58. The lowest BCUT2D eigenvalue weighted by molar-refractivity contribution is -0.192. The maximum Gasteiger partial charge on any atom is 0.490 e. The summed E-state index contributed by atoms with van der Waals surface area (Å²) in [6, 6.07) is 4.02. The quantitative estimate of drug-likeness (QED) is 0.780. The molecule has 2 aromatic rings. The molecule has 1 saturated heterocycles. The van der Waals surface area contributed by atoms with Gasteiger partial charge in [-0.3, -0.25) is 14.8 Å². The minimum Gasteiger partial charge on any atom is -0.475 e. The standard InChI is InChI=1S/C17H22N4O2.C2HF3O2/c1-12-4-5-13(23-12)10-20-9-6-14-15(11-20)18-19-16(14)17(22)21-7-2-3-8-21;3-2(4,5)1(6)7/h4-5H,2-3,6-11H2,1H3,(H,18,19);(H,6,7). The number of nitrogens with zero attached hydrogens (tertiary/aromatic N) is 3. The molecule has 1 fully saturated rings. The molecular formula is C19H23F3N4O4. The molecule has 0 radical (unpaired) electrons. The largest absolute Gasteiger partial charge is 0.490 e. The highest BCUT2D eigenvalue weighted by Crippen LogP contribution is 2.24. The van der Waals surface area contributed by atoms with E-state index in [1.54, 1.807) is 0 Å². The number of aryl methyl sites for hydroxylation is 1. The lowest BCUT2D eigenvalue weighted by Gasteiger charge is -2.26. The lowest BCUT2D eigenvalue weighted by atomic mass is 10.0. The third kappa shape index (κ3) is 5.21. The molecule has 2 aromatic heterocycles. The van der Waals surface area contributed by atoms with E-state index in [1.807, 2.05) is 24.0 Å². The van der Waals surface area contributed by atoms with Crippen molar-refractivity contribution < 1.29 is 32.3 Å². The summed E-state index contributed by atoms with van der Waals surface area (Å²) in [5.74, 6) is -0.737. The van der Waals surface area contributed by atoms with Crippen LogP contribution < -0.4 is 0 Å². The van der Waals surface area contributed by atoms with Gasteiger partial charge in [0.05, 0.1) is 12.2 Å². The van der Waals surface area contributed by atoms with Crippen molar-refractivity contribution >= 4 is 11.9 Å². The second kappa shape index (κ2) is 8.90. The Morgan fingerprint density at radius 3 is 2.47 bits per heavy atom. The van der Waals surface area contributed by atoms with Crippen LogP contribution in [0.5, 0.6) is 0 Å². The highest BCUT2D eigenvalue weighted by molar-refractivity contribution is 5.94. The Morgan fingerprint density at radius 1 is 1.23 bits per heavy atom. The zero-order valence-electron chi connectivity index (χ0n) is 16.5. The third-order valence-corrected chi connectivity index (χ3v) is 5.03. The average molecular weight is 428 g/mol. The van der Waals surface area contributed by atoms with Crippen LogP contribution in [0.3, 0.4) is 0 Å². The molecule has 0 spiro atoms. The van der Waals surface area contributed by atoms with Crippen LogP contribution in [0.1, 0.15) is 46.1 Å². The molecule has 4 heterocycles. The van der Waals surface area contributed by atoms with Gasteiger partial charge >= 0.3 is 12.1 Å². The van der Waals surface area contributed by atoms with Crippen molar-refractivity contribution in [2.75, 3.05) is 19.6 Å². The number of nitrogens with one attached hydrogen (secondary N) is 1. The predicted octanol–water partition coefficient (Wildman–Crippen LogP) is 2.74. The Morgan fingerprint density at radius 2 is 1.90 bits per heavy atom. The second-order valence-corrected chi connectivity index (χ2v) is 7.30. The molecule has 0 atom stereocenters. The number of H-pyrrole nitrogens is 1. The number of fused-ring (bicyclic) bond motifs is 1. The number of hydrogen-bond donors (Lipinski definition) is 2. The predicted molar refractivity (Wildman–Crippen MR) is 98.7 cm³/mol. The molecule has 164 valence electrons. The zero-order chi connectivity index (χ0) is 21.9. The Balaban J connectivity index is 0.000000318. The van der Waals surface area contributed by atoms with Gasteiger partial charge in [-0.1, -0.05) is 0 Å². The highest BCUT2D eigenvalue weighted by Gasteiger charge is 2.38. The molecule has 2 aliphatic heterocycles. The van der Waals surface area contributed by atoms with Gasteiger partial charge in [-0.2, -0.15) is 18.3 Å². The van der Waals surface area contributed by atoms with Crippen molar-refractivity contribution in [1.82, 2.24) is 20.0 Å². The molecule has 11 heteroatoms. The van der Waals surface area contributed by atoms with Crippen LogP contribution in [0.4, 0.5) is 13.2 Å². The van der Waals surface area contributed by atoms with Gasteiger partial charge < -0.3 is 14.4 Å². The van der Waals surface area contributed by atoms with E-state index < -0.39 is 12.1 Å². The van der Waals surface area contributed by atoms with E-state index in [9.17, 15) is 18.0 Å². The van der Waals surface area contributed by atoms with Gasteiger partial charge in [0.25, 0.3) is 5.91 Å². The SMILES string of the molecule is Cc1ccc(CN2CCc3c(C(=O)N4CCCC4)n[nH]c3C2)o1.O=C(O)C(F)(F)F. The number of hydrogen-bond acceptors (Lipinski definition) is 5. The van der Waals surface area contributed by atoms with Crippen LogP contribution in [0, 0.1) is 6.92 Å². The van der Waals surface area contributed by atoms with Gasteiger partial charge in [0, 0.05) is 31.7 Å². The minimum atomic E-state index is -5.08. The van der Waals surface area contributed by atoms with Gasteiger partial charge in [0.15, 0.2) is 5.69 Å². The number of amides is 1. The normalized spacial score (nSPS) is 16.7. The van der Waals surface area contributed by atoms with E-state index in [0.717, 1.165) is 74.8 Å². The van der Waals surface area contributed by atoms with E-state index in [1.165, 1.54) is 0 Å². The molecule has 8 nitrogen and oxygen atoms in total. The number of carboxylic acids is 1. The van der Waals surface area contributed by atoms with Crippen LogP contribution in [-0.4, -0.2) is 62.8 Å². The summed E-state index contributed by atoms with van der Waals surface area (Å²) in [5, 5.41) is 14.5. The summed E-state index contributed by atoms with van der Waals surface area (Å²) < 4.78 is 37.4. The molecule has 0 bridgehead atoms. The van der Waals surface area contributed by atoms with Crippen molar-refractivity contribution in [2.45, 2.75) is 45.5 Å². The summed E-state index contributed by atoms with van der Waals surface area (Å²) in [7, 11) is 0. The smallest absolute Gasteiger partial charge is 0.475 e. The molecular weight excluding hydrogens is 405 g/mol. The number of likely N-dealkylation sites (tertiary alicyclic amines) is 1. The van der Waals surface area contributed by atoms with E-state index in [-0.39, 0.29) is 5.91 Å². The number of carboxylic acid groups (broad SMARTS) is 1. The van der Waals surface area contributed by atoms with Crippen molar-refractivity contribution in [3.63, 3.8) is 0 Å². The lowest BCUT2D eigenvalue weighted by Crippen LogP contribution is -2.32. The fourth-order valence-corrected chi connectivity index (χ4v) is 3.55. The van der Waals surface area contributed by atoms with Gasteiger partial charge in [-0.15, -0.1) is 0 Å². The average Bonchev–Trinajstić information content (AvgIpc) is 3.41. The number of carbonyl (C=O) groups excluding carboxylic acids is 1. The van der Waals surface area contributed by atoms with Gasteiger partial charge in [0.1, 0.15) is 11.5 Å². The first-order valence-corrected chi connectivity index (χ1v) is 9.58. The van der Waals surface area contributed by atoms with Crippen molar-refractivity contribution in [1.29, 1.82) is 0 Å². The Labute approximate surface area is 170 Å². The third-order valence-electron chi connectivity index (χ3n) is 5.03. The molecule has 0 unspecified atom stereocenters. The fourth-order valence-electron chi connectivity index (χ4n) is 3.55. The van der Waals surface area contributed by atoms with Crippen LogP contribution in [0.2, 0.25) is 0 Å². The fraction of sp³-hybridized carbons (Fsp3) is 0.526. The van der Waals surface area contributed by atoms with Crippen LogP contribution in [-0.2, 0) is 24.3 Å². The van der Waals surface area contributed by atoms with Crippen molar-refractivity contribution in [2.24, 2.45) is 0 Å². The number of furan rings is 1. The molecule has 0 aliphatic carbocycles.